The number of ketones is 3. The molecule has 9 heteroatoms. The number of hydrogen-bond donors (Lipinski definition) is 0. The highest BCUT2D eigenvalue weighted by atomic mass is 79.9. The zero-order chi connectivity index (χ0) is 22.3. The van der Waals surface area contributed by atoms with Crippen molar-refractivity contribution in [3.8, 4) is 0 Å². The molecule has 0 radical (unpaired) electrons. The summed E-state index contributed by atoms with van der Waals surface area (Å²) in [6.07, 6.45) is 2.38. The Morgan fingerprint density at radius 3 is 2.22 bits per heavy atom. The standard InChI is InChI=1S/C23H20N3O5.BrH/c1-3-14(2)25-13-24(12-19(27)15-8-10-16(11-9-15)26(30)31)20-21(25)23(29)18-7-5-4-6-17(18)22(20)28;/h4-11,13-14H,3,12H2,1-2H3;1H/q+1;/p-1. The summed E-state index contributed by atoms with van der Waals surface area (Å²) >= 11 is 0. The summed E-state index contributed by atoms with van der Waals surface area (Å²) in [4.78, 5) is 49.7. The van der Waals surface area contributed by atoms with Crippen molar-refractivity contribution in [1.82, 2.24) is 4.57 Å². The van der Waals surface area contributed by atoms with E-state index in [9.17, 15) is 24.5 Å². The van der Waals surface area contributed by atoms with Gasteiger partial charge >= 0.3 is 0 Å². The average Bonchev–Trinajstić information content (AvgIpc) is 3.16. The number of fused-ring (bicyclic) bond motifs is 2. The van der Waals surface area contributed by atoms with Crippen LogP contribution in [0, 0.1) is 10.1 Å². The number of Topliss-reactive ketones (excluding diaryl/α,β-unsaturated/α-hetero) is 1. The van der Waals surface area contributed by atoms with Crippen molar-refractivity contribution >= 4 is 23.0 Å². The number of carbonyl (C=O) groups is 3. The van der Waals surface area contributed by atoms with E-state index in [0.717, 1.165) is 6.42 Å². The molecule has 3 aromatic rings. The highest BCUT2D eigenvalue weighted by molar-refractivity contribution is 6.26. The zero-order valence-electron chi connectivity index (χ0n) is 17.4. The number of aromatic nitrogens is 2. The third-order valence-electron chi connectivity index (χ3n) is 5.66. The van der Waals surface area contributed by atoms with Gasteiger partial charge in [0.15, 0.2) is 6.54 Å². The first-order valence-electron chi connectivity index (χ1n) is 9.93. The predicted octanol–water partition coefficient (Wildman–Crippen LogP) is 0.317. The van der Waals surface area contributed by atoms with Gasteiger partial charge < -0.3 is 17.0 Å². The molecule has 1 heterocycles. The van der Waals surface area contributed by atoms with Crippen molar-refractivity contribution in [1.29, 1.82) is 0 Å². The Bertz CT molecular complexity index is 1250. The first-order valence-corrected chi connectivity index (χ1v) is 9.93. The molecule has 0 saturated heterocycles. The molecule has 0 fully saturated rings. The van der Waals surface area contributed by atoms with Gasteiger partial charge in [0.25, 0.3) is 5.69 Å². The normalized spacial score (nSPS) is 13.1. The van der Waals surface area contributed by atoms with Crippen molar-refractivity contribution in [3.63, 3.8) is 0 Å². The lowest BCUT2D eigenvalue weighted by molar-refractivity contribution is -0.684. The molecule has 0 spiro atoms. The van der Waals surface area contributed by atoms with Gasteiger partial charge in [-0.25, -0.2) is 9.13 Å². The van der Waals surface area contributed by atoms with Gasteiger partial charge in [-0.2, -0.15) is 0 Å². The summed E-state index contributed by atoms with van der Waals surface area (Å²) in [7, 11) is 0. The first kappa shape index (κ1) is 23.2. The minimum atomic E-state index is -0.534. The number of non-ortho nitro benzene ring substituents is 1. The Morgan fingerprint density at radius 1 is 1.06 bits per heavy atom. The van der Waals surface area contributed by atoms with Crippen LogP contribution >= 0.6 is 0 Å². The smallest absolute Gasteiger partial charge is 0.269 e. The Kier molecular flexibility index (Phi) is 6.50. The molecule has 0 saturated carbocycles. The van der Waals surface area contributed by atoms with E-state index in [2.05, 4.69) is 0 Å². The molecule has 0 aliphatic heterocycles. The summed E-state index contributed by atoms with van der Waals surface area (Å²) in [5.41, 5.74) is 1.34. The molecule has 1 aromatic heterocycles. The molecule has 0 bridgehead atoms. The van der Waals surface area contributed by atoms with Crippen molar-refractivity contribution in [2.75, 3.05) is 0 Å². The summed E-state index contributed by atoms with van der Waals surface area (Å²) in [6.45, 7) is 3.76. The highest BCUT2D eigenvalue weighted by Gasteiger charge is 2.42. The van der Waals surface area contributed by atoms with Gasteiger partial charge in [0.1, 0.15) is 0 Å². The molecule has 164 valence electrons. The number of nitro groups is 1. The van der Waals surface area contributed by atoms with Crippen LogP contribution in [0.1, 0.15) is 68.8 Å². The van der Waals surface area contributed by atoms with E-state index in [1.54, 1.807) is 35.2 Å². The van der Waals surface area contributed by atoms with E-state index in [-0.39, 0.29) is 69.6 Å². The number of benzene rings is 2. The topological polar surface area (TPSA) is 103 Å². The number of imidazole rings is 1. The molecule has 8 nitrogen and oxygen atoms in total. The molecular weight excluding hydrogens is 478 g/mol. The fourth-order valence-corrected chi connectivity index (χ4v) is 3.79. The van der Waals surface area contributed by atoms with Crippen LogP contribution in [0.25, 0.3) is 0 Å². The van der Waals surface area contributed by atoms with Gasteiger partial charge in [0.05, 0.1) is 11.0 Å². The van der Waals surface area contributed by atoms with Crippen LogP contribution < -0.4 is 21.5 Å². The van der Waals surface area contributed by atoms with Crippen molar-refractivity contribution in [2.45, 2.75) is 32.9 Å². The van der Waals surface area contributed by atoms with Gasteiger partial charge in [0, 0.05) is 28.8 Å². The second-order valence-corrected chi connectivity index (χ2v) is 7.54. The lowest BCUT2D eigenvalue weighted by atomic mass is 9.89. The van der Waals surface area contributed by atoms with Crippen LogP contribution in [0.3, 0.4) is 0 Å². The molecule has 1 aliphatic carbocycles. The molecule has 4 rings (SSSR count). The molecule has 1 unspecified atom stereocenters. The van der Waals surface area contributed by atoms with Crippen molar-refractivity contribution < 1.29 is 40.9 Å². The van der Waals surface area contributed by atoms with Gasteiger partial charge in [-0.05, 0) is 25.5 Å². The van der Waals surface area contributed by atoms with Crippen LogP contribution in [0.5, 0.6) is 0 Å². The SMILES string of the molecule is CCC(C)n1c[n+](CC(=O)c2ccc([N+](=O)[O-])cc2)c2c1C(=O)c1ccccc1C2=O.[Br-]. The lowest BCUT2D eigenvalue weighted by Crippen LogP contribution is -3.00. The Morgan fingerprint density at radius 2 is 1.66 bits per heavy atom. The maximum absolute atomic E-state index is 13.3. The number of rotatable bonds is 6. The Balaban J connectivity index is 0.00000289. The Labute approximate surface area is 194 Å². The molecular formula is C23H20BrN3O5. The van der Waals surface area contributed by atoms with E-state index in [1.165, 1.54) is 28.8 Å². The van der Waals surface area contributed by atoms with Gasteiger partial charge in [-0.15, -0.1) is 0 Å². The van der Waals surface area contributed by atoms with Crippen LogP contribution in [-0.2, 0) is 6.54 Å². The monoisotopic (exact) mass is 497 g/mol. The second-order valence-electron chi connectivity index (χ2n) is 7.54. The minimum Gasteiger partial charge on any atom is -1.00 e. The molecule has 1 aliphatic rings. The van der Waals surface area contributed by atoms with Crippen LogP contribution in [-0.4, -0.2) is 26.8 Å². The number of hydrogen-bond acceptors (Lipinski definition) is 5. The third-order valence-corrected chi connectivity index (χ3v) is 5.66. The highest BCUT2D eigenvalue weighted by Crippen LogP contribution is 2.28. The van der Waals surface area contributed by atoms with Gasteiger partial charge in [0.2, 0.25) is 35.1 Å². The summed E-state index contributed by atoms with van der Waals surface area (Å²) < 4.78 is 3.27. The van der Waals surface area contributed by atoms with Crippen LogP contribution in [0.15, 0.2) is 54.9 Å². The summed E-state index contributed by atoms with van der Waals surface area (Å²) in [5.74, 6) is -0.862. The van der Waals surface area contributed by atoms with E-state index >= 15 is 0 Å². The van der Waals surface area contributed by atoms with Crippen LogP contribution in [0.2, 0.25) is 0 Å². The fraction of sp³-hybridized carbons (Fsp3) is 0.217. The maximum atomic E-state index is 13.3. The fourth-order valence-electron chi connectivity index (χ4n) is 3.79. The maximum Gasteiger partial charge on any atom is 0.269 e. The molecule has 32 heavy (non-hydrogen) atoms. The van der Waals surface area contributed by atoms with E-state index < -0.39 is 4.92 Å². The lowest BCUT2D eigenvalue weighted by Gasteiger charge is -2.14. The van der Waals surface area contributed by atoms with E-state index in [0.29, 0.717) is 11.1 Å². The quantitative estimate of drug-likeness (QED) is 0.165. The molecule has 1 atom stereocenters. The molecule has 0 amide bonds. The minimum absolute atomic E-state index is 0. The average molecular weight is 498 g/mol. The molecule has 2 aromatic carbocycles. The largest absolute Gasteiger partial charge is 1.00 e. The third kappa shape index (κ3) is 3.80. The number of carbonyl (C=O) groups excluding carboxylic acids is 3. The van der Waals surface area contributed by atoms with Crippen molar-refractivity contribution in [3.05, 3.63) is 93.1 Å². The second kappa shape index (κ2) is 8.96. The molecule has 0 N–H and O–H groups in total. The van der Waals surface area contributed by atoms with Gasteiger partial charge in [-0.1, -0.05) is 31.2 Å². The van der Waals surface area contributed by atoms with E-state index in [4.69, 9.17) is 0 Å². The predicted molar refractivity (Wildman–Crippen MR) is 110 cm³/mol. The summed E-state index contributed by atoms with van der Waals surface area (Å²) in [6, 6.07) is 11.9. The zero-order valence-corrected chi connectivity index (χ0v) is 19.0. The summed E-state index contributed by atoms with van der Waals surface area (Å²) in [5, 5.41) is 10.8. The van der Waals surface area contributed by atoms with E-state index in [1.807, 2.05) is 13.8 Å². The van der Waals surface area contributed by atoms with Gasteiger partial charge in [-0.3, -0.25) is 24.5 Å². The number of halogens is 1. The first-order chi connectivity index (χ1) is 14.8. The van der Waals surface area contributed by atoms with Crippen molar-refractivity contribution in [2.24, 2.45) is 0 Å². The van der Waals surface area contributed by atoms with Crippen LogP contribution in [0.4, 0.5) is 5.69 Å². The number of nitrogens with zero attached hydrogens (tertiary/aromatic N) is 3. The number of nitro benzene ring substituents is 1. The Hall–Kier alpha value is -3.46.